The number of nitrogens with zero attached hydrogens (tertiary/aromatic N) is 4. The zero-order valence-electron chi connectivity index (χ0n) is 22.3. The van der Waals surface area contributed by atoms with E-state index in [-0.39, 0.29) is 18.0 Å². The number of para-hydroxylation sites is 1. The first-order valence-corrected chi connectivity index (χ1v) is 14.5. The number of anilines is 1. The summed E-state index contributed by atoms with van der Waals surface area (Å²) in [6.07, 6.45) is -3.87. The Morgan fingerprint density at radius 2 is 2.08 bits per heavy atom. The van der Waals surface area contributed by atoms with Crippen LogP contribution in [-0.2, 0) is 23.4 Å². The lowest BCUT2D eigenvalue weighted by Gasteiger charge is -2.31. The van der Waals surface area contributed by atoms with Gasteiger partial charge in [-0.25, -0.2) is 23.9 Å². The Kier molecular flexibility index (Phi) is 9.28. The average Bonchev–Trinajstić information content (AvgIpc) is 3.46. The third-order valence-electron chi connectivity index (χ3n) is 6.18. The van der Waals surface area contributed by atoms with Crippen LogP contribution in [-0.4, -0.2) is 80.7 Å². The van der Waals surface area contributed by atoms with Gasteiger partial charge < -0.3 is 24.4 Å². The van der Waals surface area contributed by atoms with E-state index in [0.717, 1.165) is 0 Å². The first kappa shape index (κ1) is 30.1. The summed E-state index contributed by atoms with van der Waals surface area (Å²) in [4.78, 5) is 25.1. The summed E-state index contributed by atoms with van der Waals surface area (Å²) in [5.74, 6) is -0.125. The molecule has 1 aliphatic heterocycles. The molecule has 4 rings (SSSR count). The van der Waals surface area contributed by atoms with Gasteiger partial charge in [0.2, 0.25) is 0 Å². The summed E-state index contributed by atoms with van der Waals surface area (Å²) in [6.45, 7) is 4.16. The van der Waals surface area contributed by atoms with E-state index in [1.54, 1.807) is 39.1 Å². The number of esters is 1. The number of ether oxygens (including phenoxy) is 2. The molecule has 0 amide bonds. The van der Waals surface area contributed by atoms with Crippen LogP contribution >= 0.6 is 19.3 Å². The second-order valence-corrected chi connectivity index (χ2v) is 11.0. The maximum Gasteiger partial charge on any atom is 0.459 e. The molecule has 0 unspecified atom stereocenters. The molecule has 1 aromatic carbocycles. The van der Waals surface area contributed by atoms with E-state index >= 15 is 4.39 Å². The fourth-order valence-corrected chi connectivity index (χ4v) is 5.99. The number of benzene rings is 1. The number of carbonyl (C=O) groups is 1. The van der Waals surface area contributed by atoms with Crippen LogP contribution < -0.4 is 14.9 Å². The van der Waals surface area contributed by atoms with Gasteiger partial charge in [0.25, 0.3) is 0 Å². The molecular weight excluding hydrogens is 570 g/mol. The third kappa shape index (κ3) is 6.07. The molecule has 3 N–H and O–H groups in total. The average molecular weight is 601 g/mol. The predicted molar refractivity (Wildman–Crippen MR) is 144 cm³/mol. The molecule has 0 saturated carbocycles. The zero-order chi connectivity index (χ0) is 29.1. The highest BCUT2D eigenvalue weighted by molar-refractivity contribution is 7.52. The normalized spacial score (nSPS) is 24.9. The topological polar surface area (TPSA) is 159 Å². The van der Waals surface area contributed by atoms with Gasteiger partial charge >= 0.3 is 13.7 Å². The number of halogens is 2. The number of aromatic nitrogens is 4. The van der Waals surface area contributed by atoms with Gasteiger partial charge in [0.15, 0.2) is 29.4 Å². The van der Waals surface area contributed by atoms with Crippen LogP contribution in [0.4, 0.5) is 10.2 Å². The highest BCUT2D eigenvalue weighted by Crippen LogP contribution is 2.49. The molecule has 0 bridgehead atoms. The lowest BCUT2D eigenvalue weighted by Crippen LogP contribution is -2.48. The SMILES string of the molecule is CCOC(=O)[C@@H](C)N[P@](=O)(OC[C@@]1(CCl)O[C@@H](n2cnc3c(NC)nc(C)nc32)[C@@H](F)[C@@H]1O)Oc1ccccc1. The van der Waals surface area contributed by atoms with E-state index in [2.05, 4.69) is 25.4 Å². The number of nitrogens with one attached hydrogen (secondary N) is 2. The van der Waals surface area contributed by atoms with Crippen LogP contribution in [0.2, 0.25) is 0 Å². The number of aliphatic hydroxyl groups excluding tert-OH is 1. The Balaban J connectivity index is 1.61. The standard InChI is InChI=1S/C24H31ClFN6O7P/c1-5-36-23(34)14(2)31-40(35,39-16-9-7-6-8-10-16)37-12-24(11-25)19(33)17(26)22(38-24)32-13-28-18-20(27-4)29-15(3)30-21(18)32/h6-10,13-14,17,19,22,33H,5,11-12H2,1-4H3,(H,31,35)(H,27,29,30)/t14-,17+,19+,22-,24-,40+/m1/s1. The smallest absolute Gasteiger partial charge is 0.459 e. The number of alkyl halides is 2. The summed E-state index contributed by atoms with van der Waals surface area (Å²) >= 11 is 6.21. The first-order chi connectivity index (χ1) is 19.1. The predicted octanol–water partition coefficient (Wildman–Crippen LogP) is 3.13. The highest BCUT2D eigenvalue weighted by atomic mass is 35.5. The molecule has 13 nitrogen and oxygen atoms in total. The minimum Gasteiger partial charge on any atom is -0.465 e. The van der Waals surface area contributed by atoms with Crippen LogP contribution in [0.3, 0.4) is 0 Å². The summed E-state index contributed by atoms with van der Waals surface area (Å²) in [7, 11) is -2.67. The molecule has 16 heteroatoms. The number of rotatable bonds is 12. The first-order valence-electron chi connectivity index (χ1n) is 12.4. The zero-order valence-corrected chi connectivity index (χ0v) is 23.9. The van der Waals surface area contributed by atoms with Gasteiger partial charge in [0.05, 0.1) is 25.4 Å². The van der Waals surface area contributed by atoms with Crippen molar-refractivity contribution in [1.82, 2.24) is 24.6 Å². The quantitative estimate of drug-likeness (QED) is 0.159. The molecule has 6 atom stereocenters. The molecule has 1 fully saturated rings. The molecular formula is C24H31ClFN6O7P. The van der Waals surface area contributed by atoms with Crippen LogP contribution in [0.15, 0.2) is 36.7 Å². The van der Waals surface area contributed by atoms with Gasteiger partial charge in [0, 0.05) is 7.05 Å². The van der Waals surface area contributed by atoms with Crippen molar-refractivity contribution in [2.45, 2.75) is 50.9 Å². The Bertz CT molecular complexity index is 1380. The van der Waals surface area contributed by atoms with Crippen LogP contribution in [0.5, 0.6) is 5.75 Å². The molecule has 0 radical (unpaired) electrons. The van der Waals surface area contributed by atoms with Crippen molar-refractivity contribution in [2.24, 2.45) is 0 Å². The van der Waals surface area contributed by atoms with Gasteiger partial charge in [-0.2, -0.15) is 5.09 Å². The van der Waals surface area contributed by atoms with E-state index in [1.807, 2.05) is 0 Å². The van der Waals surface area contributed by atoms with Crippen molar-refractivity contribution in [1.29, 1.82) is 0 Å². The fraction of sp³-hybridized carbons (Fsp3) is 0.500. The van der Waals surface area contributed by atoms with E-state index < -0.39 is 56.3 Å². The van der Waals surface area contributed by atoms with Crippen molar-refractivity contribution in [3.05, 3.63) is 42.5 Å². The fourth-order valence-electron chi connectivity index (χ4n) is 4.15. The van der Waals surface area contributed by atoms with Gasteiger partial charge in [-0.05, 0) is 32.9 Å². The van der Waals surface area contributed by atoms with Crippen molar-refractivity contribution in [2.75, 3.05) is 31.5 Å². The third-order valence-corrected chi connectivity index (χ3v) is 8.25. The number of hydrogen-bond donors (Lipinski definition) is 3. The van der Waals surface area contributed by atoms with Crippen LogP contribution in [0, 0.1) is 6.92 Å². The molecule has 218 valence electrons. The second kappa shape index (κ2) is 12.3. The Hall–Kier alpha value is -2.87. The number of imidazole rings is 1. The number of aliphatic hydroxyl groups is 1. The molecule has 0 aliphatic carbocycles. The minimum absolute atomic E-state index is 0.105. The molecule has 1 aliphatic rings. The molecule has 40 heavy (non-hydrogen) atoms. The van der Waals surface area contributed by atoms with Crippen LogP contribution in [0.1, 0.15) is 25.9 Å². The number of fused-ring (bicyclic) bond motifs is 1. The Labute approximate surface area is 234 Å². The monoisotopic (exact) mass is 600 g/mol. The molecule has 3 aromatic rings. The summed E-state index contributed by atoms with van der Waals surface area (Å²) in [5, 5.41) is 16.4. The Morgan fingerprint density at radius 1 is 1.35 bits per heavy atom. The second-order valence-electron chi connectivity index (χ2n) is 9.07. The molecule has 0 spiro atoms. The number of hydrogen-bond acceptors (Lipinski definition) is 11. The van der Waals surface area contributed by atoms with Crippen molar-refractivity contribution in [3.63, 3.8) is 0 Å². The van der Waals surface area contributed by atoms with Crippen molar-refractivity contribution >= 4 is 42.3 Å². The summed E-state index contributed by atoms with van der Waals surface area (Å²) in [6, 6.07) is 7.00. The maximum absolute atomic E-state index is 15.6. The van der Waals surface area contributed by atoms with Gasteiger partial charge in [0.1, 0.15) is 29.3 Å². The van der Waals surface area contributed by atoms with Crippen molar-refractivity contribution in [3.8, 4) is 5.75 Å². The van der Waals surface area contributed by atoms with E-state index in [0.29, 0.717) is 17.2 Å². The summed E-state index contributed by atoms with van der Waals surface area (Å²) < 4.78 is 53.0. The highest BCUT2D eigenvalue weighted by Gasteiger charge is 2.57. The van der Waals surface area contributed by atoms with Crippen LogP contribution in [0.25, 0.3) is 11.2 Å². The van der Waals surface area contributed by atoms with E-state index in [4.69, 9.17) is 30.1 Å². The molecule has 1 saturated heterocycles. The van der Waals surface area contributed by atoms with E-state index in [1.165, 1.54) is 30.0 Å². The van der Waals surface area contributed by atoms with Gasteiger partial charge in [-0.3, -0.25) is 13.9 Å². The largest absolute Gasteiger partial charge is 0.465 e. The molecule has 2 aromatic heterocycles. The van der Waals surface area contributed by atoms with E-state index in [9.17, 15) is 14.5 Å². The van der Waals surface area contributed by atoms with Crippen molar-refractivity contribution < 1.29 is 37.4 Å². The Morgan fingerprint density at radius 3 is 2.73 bits per heavy atom. The van der Waals surface area contributed by atoms with Gasteiger partial charge in [-0.15, -0.1) is 11.6 Å². The summed E-state index contributed by atoms with van der Waals surface area (Å²) in [5.41, 5.74) is -1.22. The lowest BCUT2D eigenvalue weighted by molar-refractivity contribution is -0.144. The minimum atomic E-state index is -4.34. The number of carbonyl (C=O) groups excluding carboxylic acids is 1. The lowest BCUT2D eigenvalue weighted by atomic mass is 9.99. The maximum atomic E-state index is 15.6. The molecule has 3 heterocycles. The van der Waals surface area contributed by atoms with Gasteiger partial charge in [-0.1, -0.05) is 18.2 Å². The number of aryl methyl sites for hydroxylation is 1.